The van der Waals surface area contributed by atoms with Gasteiger partial charge in [0.25, 0.3) is 5.91 Å². The van der Waals surface area contributed by atoms with E-state index in [0.717, 1.165) is 5.56 Å². The third-order valence-corrected chi connectivity index (χ3v) is 8.33. The molecule has 0 bridgehead atoms. The van der Waals surface area contributed by atoms with E-state index in [1.807, 2.05) is 42.5 Å². The van der Waals surface area contributed by atoms with Crippen molar-refractivity contribution < 1.29 is 41.0 Å². The summed E-state index contributed by atoms with van der Waals surface area (Å²) in [6.07, 6.45) is -0.548. The number of alkyl halides is 3. The van der Waals surface area contributed by atoms with Crippen molar-refractivity contribution in [2.24, 2.45) is 5.92 Å². The van der Waals surface area contributed by atoms with Gasteiger partial charge in [-0.25, -0.2) is 13.2 Å². The predicted octanol–water partition coefficient (Wildman–Crippen LogP) is 2.55. The van der Waals surface area contributed by atoms with Gasteiger partial charge in [-0.2, -0.15) is 17.5 Å². The van der Waals surface area contributed by atoms with Crippen molar-refractivity contribution in [3.8, 4) is 5.75 Å². The number of amides is 1. The second-order valence-electron chi connectivity index (χ2n) is 8.36. The maximum Gasteiger partial charge on any atom is 0.490 e. The van der Waals surface area contributed by atoms with Crippen molar-refractivity contribution in [3.05, 3.63) is 60.4 Å². The van der Waals surface area contributed by atoms with Crippen LogP contribution in [0.1, 0.15) is 18.4 Å². The number of likely N-dealkylation sites (tertiary alicyclic amines) is 1. The quantitative estimate of drug-likeness (QED) is 0.633. The third-order valence-electron chi connectivity index (χ3n) is 5.94. The molecule has 2 aromatic rings. The maximum atomic E-state index is 13.0. The normalized spacial score (nSPS) is 21.5. The molecule has 0 radical (unpaired) electrons. The molecule has 2 aliphatic heterocycles. The molecule has 0 aliphatic carbocycles. The highest BCUT2D eigenvalue weighted by Gasteiger charge is 2.47. The number of benzene rings is 1. The molecule has 2 saturated heterocycles. The van der Waals surface area contributed by atoms with Crippen LogP contribution in [0.15, 0.2) is 54.9 Å². The van der Waals surface area contributed by atoms with Crippen molar-refractivity contribution in [2.75, 3.05) is 26.2 Å². The average Bonchev–Trinajstić information content (AvgIpc) is 2.97. The Kier molecular flexibility index (Phi) is 8.90. The number of pyridine rings is 1. The van der Waals surface area contributed by atoms with Gasteiger partial charge in [0.2, 0.25) is 10.0 Å². The summed E-state index contributed by atoms with van der Waals surface area (Å²) in [6.45, 7) is 1.84. The number of carbonyl (C=O) groups is 2. The molecule has 2 fully saturated rings. The summed E-state index contributed by atoms with van der Waals surface area (Å²) in [5, 5.41) is 6.70. The number of aromatic nitrogens is 1. The molecule has 13 heteroatoms. The fourth-order valence-electron chi connectivity index (χ4n) is 4.15. The van der Waals surface area contributed by atoms with Gasteiger partial charge in [-0.05, 0) is 42.5 Å². The van der Waals surface area contributed by atoms with Gasteiger partial charge in [-0.3, -0.25) is 9.78 Å². The van der Waals surface area contributed by atoms with E-state index in [4.69, 9.17) is 14.6 Å². The molecule has 0 saturated carbocycles. The van der Waals surface area contributed by atoms with E-state index in [2.05, 4.69) is 4.98 Å². The number of nitrogens with zero attached hydrogens (tertiary/aromatic N) is 3. The molecule has 196 valence electrons. The first-order valence-corrected chi connectivity index (χ1v) is 12.6. The number of fused-ring (bicyclic) bond motifs is 1. The minimum absolute atomic E-state index is 0.0285. The van der Waals surface area contributed by atoms with E-state index in [0.29, 0.717) is 44.8 Å². The van der Waals surface area contributed by atoms with Crippen LogP contribution in [0.4, 0.5) is 13.2 Å². The van der Waals surface area contributed by atoms with E-state index < -0.39 is 27.4 Å². The summed E-state index contributed by atoms with van der Waals surface area (Å²) >= 11 is 0. The Balaban J connectivity index is 0.000000454. The fourth-order valence-corrected chi connectivity index (χ4v) is 6.37. The second kappa shape index (κ2) is 11.7. The number of hydrogen-bond acceptors (Lipinski definition) is 6. The van der Waals surface area contributed by atoms with Crippen LogP contribution in [-0.2, 0) is 26.2 Å². The molecular formula is C23H26F3N3O6S. The molecule has 1 aromatic heterocycles. The molecule has 3 heterocycles. The van der Waals surface area contributed by atoms with Crippen LogP contribution in [-0.4, -0.2) is 77.3 Å². The van der Waals surface area contributed by atoms with Crippen LogP contribution >= 0.6 is 0 Å². The standard InChI is InChI=1S/C21H25N3O4S.C2HF3O2/c25-21(16-28-19-6-2-1-3-7-19)23-11-8-18-15-24(14-17-5-4-10-22-13-17)29(26,27)20(18)9-12-23;3-2(4,5)1(6)7/h1-7,10,13,18,20H,8-9,11-12,14-16H2;(H,6,7)/t18-,20-;/m1./s1. The number of carboxylic acids is 1. The van der Waals surface area contributed by atoms with Gasteiger partial charge in [0.15, 0.2) is 6.61 Å². The first-order valence-electron chi connectivity index (χ1n) is 11.1. The third kappa shape index (κ3) is 7.17. The lowest BCUT2D eigenvalue weighted by atomic mass is 10.0. The molecule has 2 aliphatic rings. The highest BCUT2D eigenvalue weighted by molar-refractivity contribution is 7.90. The molecule has 4 rings (SSSR count). The number of ether oxygens (including phenoxy) is 1. The summed E-state index contributed by atoms with van der Waals surface area (Å²) in [6, 6.07) is 12.9. The number of carbonyl (C=O) groups excluding carboxylic acids is 1. The number of carboxylic acid groups (broad SMARTS) is 1. The van der Waals surface area contributed by atoms with E-state index >= 15 is 0 Å². The zero-order chi connectivity index (χ0) is 26.3. The van der Waals surface area contributed by atoms with Gasteiger partial charge in [-0.1, -0.05) is 24.3 Å². The number of halogens is 3. The summed E-state index contributed by atoms with van der Waals surface area (Å²) in [5.74, 6) is -2.16. The maximum absolute atomic E-state index is 13.0. The number of rotatable bonds is 5. The molecule has 0 spiro atoms. The second-order valence-corrected chi connectivity index (χ2v) is 10.5. The molecule has 1 aromatic carbocycles. The van der Waals surface area contributed by atoms with Crippen molar-refractivity contribution in [1.29, 1.82) is 0 Å². The molecule has 36 heavy (non-hydrogen) atoms. The van der Waals surface area contributed by atoms with E-state index in [-0.39, 0.29) is 18.4 Å². The van der Waals surface area contributed by atoms with Gasteiger partial charge in [0, 0.05) is 38.6 Å². The van der Waals surface area contributed by atoms with Gasteiger partial charge in [-0.15, -0.1) is 0 Å². The van der Waals surface area contributed by atoms with E-state index in [1.165, 1.54) is 0 Å². The summed E-state index contributed by atoms with van der Waals surface area (Å²) in [5.41, 5.74) is 0.891. The van der Waals surface area contributed by atoms with Gasteiger partial charge < -0.3 is 14.7 Å². The highest BCUT2D eigenvalue weighted by Crippen LogP contribution is 2.35. The summed E-state index contributed by atoms with van der Waals surface area (Å²) in [7, 11) is -3.38. The predicted molar refractivity (Wildman–Crippen MR) is 122 cm³/mol. The molecule has 1 amide bonds. The fraction of sp³-hybridized carbons (Fsp3) is 0.435. The molecule has 2 atom stereocenters. The topological polar surface area (TPSA) is 117 Å². The van der Waals surface area contributed by atoms with Crippen LogP contribution < -0.4 is 4.74 Å². The number of hydrogen-bond donors (Lipinski definition) is 1. The van der Waals surface area contributed by atoms with E-state index in [9.17, 15) is 26.4 Å². The van der Waals surface area contributed by atoms with Crippen molar-refractivity contribution >= 4 is 21.9 Å². The van der Waals surface area contributed by atoms with Crippen molar-refractivity contribution in [1.82, 2.24) is 14.2 Å². The van der Waals surface area contributed by atoms with Crippen LogP contribution in [0.2, 0.25) is 0 Å². The lowest BCUT2D eigenvalue weighted by Gasteiger charge is -2.22. The van der Waals surface area contributed by atoms with E-state index in [1.54, 1.807) is 21.6 Å². The lowest BCUT2D eigenvalue weighted by molar-refractivity contribution is -0.192. The number of sulfonamides is 1. The Bertz CT molecular complexity index is 1130. The smallest absolute Gasteiger partial charge is 0.484 e. The summed E-state index contributed by atoms with van der Waals surface area (Å²) in [4.78, 5) is 27.3. The van der Waals surface area contributed by atoms with Crippen LogP contribution in [0.3, 0.4) is 0 Å². The highest BCUT2D eigenvalue weighted by atomic mass is 32.2. The number of para-hydroxylation sites is 1. The zero-order valence-electron chi connectivity index (χ0n) is 19.2. The van der Waals surface area contributed by atoms with Gasteiger partial charge in [0.05, 0.1) is 5.25 Å². The van der Waals surface area contributed by atoms with Crippen LogP contribution in [0.25, 0.3) is 0 Å². The SMILES string of the molecule is O=C(COc1ccccc1)N1CC[C@@H]2CN(Cc3cccnc3)S(=O)(=O)[C@@H]2CC1.O=C(O)C(F)(F)F. The monoisotopic (exact) mass is 529 g/mol. The minimum atomic E-state index is -5.08. The Labute approximate surface area is 206 Å². The molecular weight excluding hydrogens is 503 g/mol. The first-order chi connectivity index (χ1) is 17.0. The van der Waals surface area contributed by atoms with Crippen molar-refractivity contribution in [2.45, 2.75) is 30.8 Å². The zero-order valence-corrected chi connectivity index (χ0v) is 20.0. The molecule has 0 unspecified atom stereocenters. The number of aliphatic carboxylic acids is 1. The van der Waals surface area contributed by atoms with Crippen LogP contribution in [0, 0.1) is 5.92 Å². The van der Waals surface area contributed by atoms with Gasteiger partial charge >= 0.3 is 12.1 Å². The Morgan fingerprint density at radius 1 is 1.08 bits per heavy atom. The Morgan fingerprint density at radius 3 is 2.36 bits per heavy atom. The molecule has 9 nitrogen and oxygen atoms in total. The Morgan fingerprint density at radius 2 is 1.75 bits per heavy atom. The average molecular weight is 530 g/mol. The molecule has 1 N–H and O–H groups in total. The van der Waals surface area contributed by atoms with Crippen molar-refractivity contribution in [3.63, 3.8) is 0 Å². The lowest BCUT2D eigenvalue weighted by Crippen LogP contribution is -2.37. The Hall–Kier alpha value is -3.19. The van der Waals surface area contributed by atoms with Gasteiger partial charge in [0.1, 0.15) is 5.75 Å². The minimum Gasteiger partial charge on any atom is -0.484 e. The van der Waals surface area contributed by atoms with Crippen LogP contribution in [0.5, 0.6) is 5.75 Å². The largest absolute Gasteiger partial charge is 0.490 e. The summed E-state index contributed by atoms with van der Waals surface area (Å²) < 4.78 is 65.0. The first kappa shape index (κ1) is 27.4.